The molecule has 2 unspecified atom stereocenters. The smallest absolute Gasteiger partial charge is 0.115 e. The molecule has 0 aliphatic carbocycles. The second-order valence-electron chi connectivity index (χ2n) is 5.06. The Morgan fingerprint density at radius 2 is 1.83 bits per heavy atom. The summed E-state index contributed by atoms with van der Waals surface area (Å²) in [5, 5.41) is 22.9. The van der Waals surface area contributed by atoms with Crippen molar-refractivity contribution < 1.29 is 10.2 Å². The first-order valence-corrected chi connectivity index (χ1v) is 6.57. The van der Waals surface area contributed by atoms with E-state index in [9.17, 15) is 10.2 Å². The number of rotatable bonds is 4. The van der Waals surface area contributed by atoms with Gasteiger partial charge in [-0.3, -0.25) is 0 Å². The predicted octanol–water partition coefficient (Wildman–Crippen LogP) is 0.967. The zero-order chi connectivity index (χ0) is 13.0. The minimum absolute atomic E-state index is 0.188. The van der Waals surface area contributed by atoms with Crippen molar-refractivity contribution >= 4 is 0 Å². The first-order chi connectivity index (χ1) is 8.66. The van der Waals surface area contributed by atoms with Gasteiger partial charge in [-0.15, -0.1) is 0 Å². The maximum atomic E-state index is 10.3. The lowest BCUT2D eigenvalue weighted by atomic mass is 9.96. The largest absolute Gasteiger partial charge is 0.508 e. The van der Waals surface area contributed by atoms with Gasteiger partial charge < -0.3 is 20.4 Å². The van der Waals surface area contributed by atoms with Gasteiger partial charge >= 0.3 is 0 Å². The first-order valence-electron chi connectivity index (χ1n) is 6.57. The second kappa shape index (κ2) is 6.18. The van der Waals surface area contributed by atoms with Crippen molar-refractivity contribution in [2.45, 2.75) is 13.0 Å². The minimum Gasteiger partial charge on any atom is -0.508 e. The molecule has 0 bridgehead atoms. The average Bonchev–Trinajstić information content (AvgIpc) is 2.40. The molecular weight excluding hydrogens is 228 g/mol. The average molecular weight is 250 g/mol. The van der Waals surface area contributed by atoms with Gasteiger partial charge in [0.1, 0.15) is 5.75 Å². The zero-order valence-electron chi connectivity index (χ0n) is 10.8. The molecule has 3 N–H and O–H groups in total. The number of benzene rings is 1. The minimum atomic E-state index is -0.472. The number of hydrogen-bond donors (Lipinski definition) is 3. The summed E-state index contributed by atoms with van der Waals surface area (Å²) in [5.74, 6) is 0.424. The van der Waals surface area contributed by atoms with Gasteiger partial charge in [0.2, 0.25) is 0 Å². The highest BCUT2D eigenvalue weighted by Crippen LogP contribution is 2.24. The van der Waals surface area contributed by atoms with E-state index in [1.165, 1.54) is 0 Å². The van der Waals surface area contributed by atoms with Crippen LogP contribution in [-0.4, -0.2) is 47.8 Å². The van der Waals surface area contributed by atoms with Crippen LogP contribution in [0.5, 0.6) is 5.75 Å². The van der Waals surface area contributed by atoms with E-state index < -0.39 is 6.10 Å². The molecule has 2 rings (SSSR count). The molecule has 1 aliphatic heterocycles. The van der Waals surface area contributed by atoms with Crippen LogP contribution >= 0.6 is 0 Å². The van der Waals surface area contributed by atoms with Crippen molar-refractivity contribution in [3.05, 3.63) is 29.8 Å². The summed E-state index contributed by atoms with van der Waals surface area (Å²) in [6.45, 7) is 7.13. The SMILES string of the molecule is CC(CN1CCNCC1)C(O)c1ccc(O)cc1. The molecular formula is C14H22N2O2. The standard InChI is InChI=1S/C14H22N2O2/c1-11(10-16-8-6-15-7-9-16)14(18)12-2-4-13(17)5-3-12/h2-5,11,14-15,17-18H,6-10H2,1H3. The lowest BCUT2D eigenvalue weighted by Crippen LogP contribution is -2.45. The Bertz CT molecular complexity index is 361. The Morgan fingerprint density at radius 3 is 2.44 bits per heavy atom. The summed E-state index contributed by atoms with van der Waals surface area (Å²) >= 11 is 0. The second-order valence-corrected chi connectivity index (χ2v) is 5.06. The molecule has 0 radical (unpaired) electrons. The van der Waals surface area contributed by atoms with Crippen molar-refractivity contribution in [3.63, 3.8) is 0 Å². The summed E-state index contributed by atoms with van der Waals surface area (Å²) < 4.78 is 0. The highest BCUT2D eigenvalue weighted by atomic mass is 16.3. The van der Waals surface area contributed by atoms with Crippen LogP contribution in [0, 0.1) is 5.92 Å². The van der Waals surface area contributed by atoms with Gasteiger partial charge in [-0.1, -0.05) is 19.1 Å². The Morgan fingerprint density at radius 1 is 1.22 bits per heavy atom. The van der Waals surface area contributed by atoms with E-state index in [-0.39, 0.29) is 11.7 Å². The predicted molar refractivity (Wildman–Crippen MR) is 71.5 cm³/mol. The van der Waals surface area contributed by atoms with Crippen molar-refractivity contribution in [3.8, 4) is 5.75 Å². The quantitative estimate of drug-likeness (QED) is 0.745. The topological polar surface area (TPSA) is 55.7 Å². The van der Waals surface area contributed by atoms with Gasteiger partial charge in [-0.25, -0.2) is 0 Å². The number of phenols is 1. The maximum absolute atomic E-state index is 10.3. The van der Waals surface area contributed by atoms with Crippen LogP contribution < -0.4 is 5.32 Å². The number of aliphatic hydroxyl groups excluding tert-OH is 1. The fraction of sp³-hybridized carbons (Fsp3) is 0.571. The lowest BCUT2D eigenvalue weighted by molar-refractivity contribution is 0.0842. The van der Waals surface area contributed by atoms with Crippen LogP contribution in [0.3, 0.4) is 0 Å². The molecule has 1 saturated heterocycles. The van der Waals surface area contributed by atoms with Crippen LogP contribution in [0.1, 0.15) is 18.6 Å². The molecule has 1 aromatic carbocycles. The molecule has 4 nitrogen and oxygen atoms in total. The Hall–Kier alpha value is -1.10. The molecule has 1 heterocycles. The van der Waals surface area contributed by atoms with Crippen LogP contribution in [-0.2, 0) is 0 Å². The Labute approximate surface area is 108 Å². The fourth-order valence-corrected chi connectivity index (χ4v) is 2.40. The van der Waals surface area contributed by atoms with Gasteiger partial charge in [-0.05, 0) is 23.6 Å². The number of nitrogens with one attached hydrogen (secondary N) is 1. The van der Waals surface area contributed by atoms with Crippen LogP contribution in [0.15, 0.2) is 24.3 Å². The first kappa shape index (κ1) is 13.3. The molecule has 2 atom stereocenters. The Balaban J connectivity index is 1.91. The highest BCUT2D eigenvalue weighted by Gasteiger charge is 2.20. The maximum Gasteiger partial charge on any atom is 0.115 e. The molecule has 18 heavy (non-hydrogen) atoms. The van der Waals surface area contributed by atoms with Crippen LogP contribution in [0.25, 0.3) is 0 Å². The van der Waals surface area contributed by atoms with Gasteiger partial charge in [0.15, 0.2) is 0 Å². The van der Waals surface area contributed by atoms with E-state index in [1.807, 2.05) is 0 Å². The third-order valence-electron chi connectivity index (χ3n) is 3.53. The lowest BCUT2D eigenvalue weighted by Gasteiger charge is -2.31. The van der Waals surface area contributed by atoms with E-state index in [2.05, 4.69) is 17.1 Å². The zero-order valence-corrected chi connectivity index (χ0v) is 10.8. The summed E-state index contributed by atoms with van der Waals surface area (Å²) in [7, 11) is 0. The number of aromatic hydroxyl groups is 1. The molecule has 1 aliphatic rings. The van der Waals surface area contributed by atoms with E-state index in [0.717, 1.165) is 38.3 Å². The molecule has 4 heteroatoms. The van der Waals surface area contributed by atoms with Crippen LogP contribution in [0.4, 0.5) is 0 Å². The monoisotopic (exact) mass is 250 g/mol. The molecule has 0 aromatic heterocycles. The molecule has 1 fully saturated rings. The summed E-state index contributed by atoms with van der Waals surface area (Å²) in [5.41, 5.74) is 0.871. The highest BCUT2D eigenvalue weighted by molar-refractivity contribution is 5.27. The number of nitrogens with zero attached hydrogens (tertiary/aromatic N) is 1. The van der Waals surface area contributed by atoms with Crippen LogP contribution in [0.2, 0.25) is 0 Å². The van der Waals surface area contributed by atoms with Gasteiger partial charge in [0, 0.05) is 32.7 Å². The molecule has 1 aromatic rings. The van der Waals surface area contributed by atoms with Crippen molar-refractivity contribution in [2.75, 3.05) is 32.7 Å². The van der Waals surface area contributed by atoms with Crippen molar-refractivity contribution in [1.82, 2.24) is 10.2 Å². The third-order valence-corrected chi connectivity index (χ3v) is 3.53. The third kappa shape index (κ3) is 3.45. The van der Waals surface area contributed by atoms with E-state index in [4.69, 9.17) is 0 Å². The van der Waals surface area contributed by atoms with E-state index >= 15 is 0 Å². The Kier molecular flexibility index (Phi) is 4.58. The molecule has 100 valence electrons. The van der Waals surface area contributed by atoms with Gasteiger partial charge in [0.05, 0.1) is 6.10 Å². The number of aliphatic hydroxyl groups is 1. The number of phenolic OH excluding ortho intramolecular Hbond substituents is 1. The fourth-order valence-electron chi connectivity index (χ4n) is 2.40. The van der Waals surface area contributed by atoms with E-state index in [1.54, 1.807) is 24.3 Å². The van der Waals surface area contributed by atoms with Crippen molar-refractivity contribution in [1.29, 1.82) is 0 Å². The normalized spacial score (nSPS) is 20.6. The van der Waals surface area contributed by atoms with E-state index in [0.29, 0.717) is 0 Å². The number of piperazine rings is 1. The summed E-state index contributed by atoms with van der Waals surface area (Å²) in [6.07, 6.45) is -0.472. The molecule has 0 saturated carbocycles. The van der Waals surface area contributed by atoms with Crippen molar-refractivity contribution in [2.24, 2.45) is 5.92 Å². The van der Waals surface area contributed by atoms with Gasteiger partial charge in [0.25, 0.3) is 0 Å². The summed E-state index contributed by atoms with van der Waals surface area (Å²) in [6, 6.07) is 6.81. The molecule has 0 amide bonds. The van der Waals surface area contributed by atoms with Gasteiger partial charge in [-0.2, -0.15) is 0 Å². The number of hydrogen-bond acceptors (Lipinski definition) is 4. The molecule has 0 spiro atoms. The summed E-state index contributed by atoms with van der Waals surface area (Å²) in [4.78, 5) is 2.38.